The molecule has 3 N–H and O–H groups in total. The number of ether oxygens (including phenoxy) is 2. The summed E-state index contributed by atoms with van der Waals surface area (Å²) in [5, 5.41) is 8.82. The summed E-state index contributed by atoms with van der Waals surface area (Å²) in [6.45, 7) is -0.0441. The molecule has 0 amide bonds. The predicted molar refractivity (Wildman–Crippen MR) is 62.6 cm³/mol. The molecule has 88 valence electrons. The van der Waals surface area contributed by atoms with Crippen molar-refractivity contribution in [2.75, 3.05) is 18.9 Å². The Labute approximate surface area is 104 Å². The molecule has 0 aromatic carbocycles. The van der Waals surface area contributed by atoms with Crippen LogP contribution in [0.4, 0.5) is 5.82 Å². The number of nitrogens with zero attached hydrogens (tertiary/aromatic N) is 2. The average Bonchev–Trinajstić information content (AvgIpc) is 2.71. The van der Waals surface area contributed by atoms with Crippen molar-refractivity contribution in [2.24, 2.45) is 0 Å². The van der Waals surface area contributed by atoms with E-state index in [0.29, 0.717) is 3.57 Å². The van der Waals surface area contributed by atoms with E-state index in [9.17, 15) is 4.79 Å². The monoisotopic (exact) mass is 339 g/mol. The molecule has 0 aliphatic carbocycles. The molecule has 2 atom stereocenters. The van der Waals surface area contributed by atoms with Gasteiger partial charge in [0.15, 0.2) is 12.5 Å². The van der Waals surface area contributed by atoms with Gasteiger partial charge in [0, 0.05) is 6.20 Å². The first kappa shape index (κ1) is 11.8. The number of hydrogen-bond acceptors (Lipinski definition) is 6. The quantitative estimate of drug-likeness (QED) is 0.691. The first-order valence-corrected chi connectivity index (χ1v) is 5.61. The zero-order valence-electron chi connectivity index (χ0n) is 8.17. The van der Waals surface area contributed by atoms with Crippen LogP contribution in [0.3, 0.4) is 0 Å². The molecule has 1 saturated heterocycles. The number of halogens is 1. The highest BCUT2D eigenvalue weighted by atomic mass is 127. The van der Waals surface area contributed by atoms with E-state index in [4.69, 9.17) is 20.3 Å². The lowest BCUT2D eigenvalue weighted by Crippen LogP contribution is -2.29. The largest absolute Gasteiger partial charge is 0.391 e. The highest BCUT2D eigenvalue weighted by molar-refractivity contribution is 14.1. The molecular weight excluding hydrogens is 329 g/mol. The van der Waals surface area contributed by atoms with Crippen molar-refractivity contribution in [3.05, 3.63) is 20.3 Å². The average molecular weight is 339 g/mol. The summed E-state index contributed by atoms with van der Waals surface area (Å²) in [5.74, 6) is 0.194. The first-order valence-electron chi connectivity index (χ1n) is 4.54. The van der Waals surface area contributed by atoms with Crippen LogP contribution in [0.5, 0.6) is 0 Å². The summed E-state index contributed by atoms with van der Waals surface area (Å²) in [5.41, 5.74) is 5.00. The fourth-order valence-electron chi connectivity index (χ4n) is 1.35. The Balaban J connectivity index is 2.28. The van der Waals surface area contributed by atoms with E-state index in [1.807, 2.05) is 22.6 Å². The van der Waals surface area contributed by atoms with Gasteiger partial charge in [-0.25, -0.2) is 4.79 Å². The van der Waals surface area contributed by atoms with Gasteiger partial charge in [-0.15, -0.1) is 0 Å². The number of rotatable bonds is 2. The number of aliphatic hydroxyl groups excluding tert-OH is 1. The van der Waals surface area contributed by atoms with E-state index in [0.717, 1.165) is 0 Å². The second-order valence-corrected chi connectivity index (χ2v) is 4.36. The molecular formula is C8H10IN3O4. The lowest BCUT2D eigenvalue weighted by molar-refractivity contribution is -0.0992. The number of hydrogen-bond donors (Lipinski definition) is 2. The molecule has 1 aromatic rings. The van der Waals surface area contributed by atoms with Crippen molar-refractivity contribution in [2.45, 2.75) is 12.5 Å². The molecule has 1 fully saturated rings. The van der Waals surface area contributed by atoms with Gasteiger partial charge in [-0.2, -0.15) is 4.98 Å². The van der Waals surface area contributed by atoms with Gasteiger partial charge in [0.1, 0.15) is 5.82 Å². The van der Waals surface area contributed by atoms with Gasteiger partial charge in [-0.1, -0.05) is 0 Å². The van der Waals surface area contributed by atoms with Gasteiger partial charge in [-0.05, 0) is 22.6 Å². The van der Waals surface area contributed by atoms with Gasteiger partial charge < -0.3 is 20.3 Å². The highest BCUT2D eigenvalue weighted by Gasteiger charge is 2.27. The van der Waals surface area contributed by atoms with Gasteiger partial charge >= 0.3 is 5.69 Å². The van der Waals surface area contributed by atoms with E-state index >= 15 is 0 Å². The molecule has 7 nitrogen and oxygen atoms in total. The highest BCUT2D eigenvalue weighted by Crippen LogP contribution is 2.20. The summed E-state index contributed by atoms with van der Waals surface area (Å²) < 4.78 is 12.3. The summed E-state index contributed by atoms with van der Waals surface area (Å²) in [6.07, 6.45) is 0.303. The minimum Gasteiger partial charge on any atom is -0.391 e. The molecule has 1 aliphatic rings. The van der Waals surface area contributed by atoms with Crippen LogP contribution in [0.25, 0.3) is 0 Å². The van der Waals surface area contributed by atoms with E-state index in [2.05, 4.69) is 4.98 Å². The Kier molecular flexibility index (Phi) is 3.42. The Bertz CT molecular complexity index is 449. The van der Waals surface area contributed by atoms with Crippen molar-refractivity contribution >= 4 is 28.4 Å². The zero-order valence-corrected chi connectivity index (χ0v) is 10.3. The molecule has 16 heavy (non-hydrogen) atoms. The molecule has 0 saturated carbocycles. The lowest BCUT2D eigenvalue weighted by atomic mass is 10.5. The third-order valence-corrected chi connectivity index (χ3v) is 2.96. The van der Waals surface area contributed by atoms with Crippen LogP contribution < -0.4 is 11.4 Å². The van der Waals surface area contributed by atoms with Crippen molar-refractivity contribution in [3.8, 4) is 0 Å². The smallest absolute Gasteiger partial charge is 0.351 e. The molecule has 0 spiro atoms. The number of anilines is 1. The number of nitrogen functional groups attached to an aromatic ring is 1. The van der Waals surface area contributed by atoms with Gasteiger partial charge in [0.2, 0.25) is 0 Å². The maximum absolute atomic E-state index is 11.5. The molecule has 1 aliphatic heterocycles. The standard InChI is InChI=1S/C8H10IN3O4/c9-4-1-12(8(14)11-7(4)10)5-3-15-6(2-13)16-5/h1,5-6,13H,2-3H2,(H2,10,11,14)/t5-,6+/m0/s1. The van der Waals surface area contributed by atoms with Crippen LogP contribution in [0.15, 0.2) is 11.0 Å². The molecule has 0 bridgehead atoms. The fraction of sp³-hybridized carbons (Fsp3) is 0.500. The van der Waals surface area contributed by atoms with E-state index in [1.165, 1.54) is 4.57 Å². The van der Waals surface area contributed by atoms with Crippen molar-refractivity contribution in [1.29, 1.82) is 0 Å². The maximum Gasteiger partial charge on any atom is 0.351 e. The van der Waals surface area contributed by atoms with E-state index < -0.39 is 18.2 Å². The van der Waals surface area contributed by atoms with E-state index in [-0.39, 0.29) is 19.0 Å². The van der Waals surface area contributed by atoms with Crippen molar-refractivity contribution in [3.63, 3.8) is 0 Å². The Hall–Kier alpha value is -0.710. The Morgan fingerprint density at radius 3 is 3.12 bits per heavy atom. The molecule has 0 radical (unpaired) electrons. The summed E-state index contributed by atoms with van der Waals surface area (Å²) in [6, 6.07) is 0. The fourth-order valence-corrected chi connectivity index (χ4v) is 1.77. The van der Waals surface area contributed by atoms with E-state index in [1.54, 1.807) is 6.20 Å². The van der Waals surface area contributed by atoms with Crippen LogP contribution in [0.2, 0.25) is 0 Å². The van der Waals surface area contributed by atoms with Crippen LogP contribution in [0, 0.1) is 3.57 Å². The first-order chi connectivity index (χ1) is 7.61. The van der Waals surface area contributed by atoms with Crippen LogP contribution >= 0.6 is 22.6 Å². The SMILES string of the molecule is Nc1nc(=O)n([C@@H]2CO[C@@H](CO)O2)cc1I. The van der Waals surface area contributed by atoms with Crippen molar-refractivity contribution < 1.29 is 14.6 Å². The molecule has 1 aromatic heterocycles. The van der Waals surface area contributed by atoms with Gasteiger partial charge in [0.25, 0.3) is 0 Å². The van der Waals surface area contributed by atoms with Gasteiger partial charge in [0.05, 0.1) is 16.8 Å². The number of aromatic nitrogens is 2. The Morgan fingerprint density at radius 1 is 1.75 bits per heavy atom. The number of aliphatic hydroxyl groups is 1. The molecule has 8 heteroatoms. The third-order valence-electron chi connectivity index (χ3n) is 2.13. The summed E-state index contributed by atoms with van der Waals surface area (Å²) >= 11 is 1.97. The predicted octanol–water partition coefficient (Wildman–Crippen LogP) is -0.706. The normalized spacial score (nSPS) is 24.9. The van der Waals surface area contributed by atoms with Crippen LogP contribution in [-0.4, -0.2) is 34.2 Å². The summed E-state index contributed by atoms with van der Waals surface area (Å²) in [7, 11) is 0. The molecule has 2 heterocycles. The third kappa shape index (κ3) is 2.19. The Morgan fingerprint density at radius 2 is 2.50 bits per heavy atom. The van der Waals surface area contributed by atoms with Crippen LogP contribution in [-0.2, 0) is 9.47 Å². The van der Waals surface area contributed by atoms with Gasteiger partial charge in [-0.3, -0.25) is 4.57 Å². The zero-order chi connectivity index (χ0) is 11.7. The lowest BCUT2D eigenvalue weighted by Gasteiger charge is -2.12. The second kappa shape index (κ2) is 4.65. The topological polar surface area (TPSA) is 99.6 Å². The minimum atomic E-state index is -0.688. The molecule has 0 unspecified atom stereocenters. The maximum atomic E-state index is 11.5. The molecule has 2 rings (SSSR count). The summed E-state index contributed by atoms with van der Waals surface area (Å²) in [4.78, 5) is 15.2. The van der Waals surface area contributed by atoms with Crippen LogP contribution in [0.1, 0.15) is 6.23 Å². The minimum absolute atomic E-state index is 0.194. The van der Waals surface area contributed by atoms with Crippen molar-refractivity contribution in [1.82, 2.24) is 9.55 Å². The number of nitrogens with two attached hydrogens (primary N) is 1. The second-order valence-electron chi connectivity index (χ2n) is 3.20.